The molecule has 2 saturated heterocycles. The van der Waals surface area contributed by atoms with Crippen LogP contribution in [0.15, 0.2) is 29.2 Å². The van der Waals surface area contributed by atoms with Crippen molar-refractivity contribution in [3.8, 4) is 0 Å². The topological polar surface area (TPSA) is 75.4 Å². The molecule has 0 saturated carbocycles. The first-order valence-electron chi connectivity index (χ1n) is 7.15. The molecular weight excluding hydrogens is 274 g/mol. The van der Waals surface area contributed by atoms with E-state index in [0.717, 1.165) is 31.5 Å². The van der Waals surface area contributed by atoms with E-state index in [2.05, 4.69) is 9.62 Å². The van der Waals surface area contributed by atoms with Gasteiger partial charge in [0, 0.05) is 25.2 Å². The highest BCUT2D eigenvalue weighted by molar-refractivity contribution is 7.89. The van der Waals surface area contributed by atoms with Gasteiger partial charge in [0.25, 0.3) is 0 Å². The molecule has 0 aromatic heterocycles. The molecule has 20 heavy (non-hydrogen) atoms. The Morgan fingerprint density at radius 2 is 2.15 bits per heavy atom. The highest BCUT2D eigenvalue weighted by Gasteiger charge is 2.39. The molecule has 6 heteroatoms. The Labute approximate surface area is 120 Å². The SMILES string of the molecule is NCc1cccc(S(=O)(=O)NC2CCN3CCCC23)c1. The van der Waals surface area contributed by atoms with E-state index in [4.69, 9.17) is 5.73 Å². The summed E-state index contributed by atoms with van der Waals surface area (Å²) < 4.78 is 27.8. The number of nitrogens with two attached hydrogens (primary N) is 1. The Bertz CT molecular complexity index is 588. The lowest BCUT2D eigenvalue weighted by atomic mass is 10.1. The number of nitrogens with zero attached hydrogens (tertiary/aromatic N) is 1. The average Bonchev–Trinajstić information content (AvgIpc) is 3.04. The van der Waals surface area contributed by atoms with Crippen molar-refractivity contribution >= 4 is 10.0 Å². The summed E-state index contributed by atoms with van der Waals surface area (Å²) in [6.07, 6.45) is 3.17. The number of nitrogens with one attached hydrogen (secondary N) is 1. The van der Waals surface area contributed by atoms with Crippen molar-refractivity contribution in [2.75, 3.05) is 13.1 Å². The number of hydrogen-bond acceptors (Lipinski definition) is 4. The summed E-state index contributed by atoms with van der Waals surface area (Å²) >= 11 is 0. The summed E-state index contributed by atoms with van der Waals surface area (Å²) in [6.45, 7) is 2.45. The maximum Gasteiger partial charge on any atom is 0.240 e. The fourth-order valence-electron chi connectivity index (χ4n) is 3.33. The molecular formula is C14H21N3O2S. The van der Waals surface area contributed by atoms with E-state index in [1.54, 1.807) is 18.2 Å². The number of benzene rings is 1. The first-order valence-corrected chi connectivity index (χ1v) is 8.64. The van der Waals surface area contributed by atoms with E-state index < -0.39 is 10.0 Å². The predicted molar refractivity (Wildman–Crippen MR) is 77.7 cm³/mol. The van der Waals surface area contributed by atoms with Crippen molar-refractivity contribution in [3.05, 3.63) is 29.8 Å². The second kappa shape index (κ2) is 5.44. The van der Waals surface area contributed by atoms with Gasteiger partial charge in [0.05, 0.1) is 4.90 Å². The van der Waals surface area contributed by atoms with Gasteiger partial charge >= 0.3 is 0 Å². The van der Waals surface area contributed by atoms with Gasteiger partial charge in [-0.25, -0.2) is 13.1 Å². The van der Waals surface area contributed by atoms with E-state index in [1.807, 2.05) is 6.07 Å². The zero-order valence-corrected chi connectivity index (χ0v) is 12.3. The molecule has 3 N–H and O–H groups in total. The summed E-state index contributed by atoms with van der Waals surface area (Å²) in [6, 6.07) is 7.29. The third-order valence-electron chi connectivity index (χ3n) is 4.36. The maximum atomic E-state index is 12.5. The zero-order chi connectivity index (χ0) is 14.2. The summed E-state index contributed by atoms with van der Waals surface area (Å²) in [5.41, 5.74) is 6.41. The molecule has 2 aliphatic rings. The molecule has 2 unspecified atom stereocenters. The molecule has 0 radical (unpaired) electrons. The molecule has 1 aromatic carbocycles. The molecule has 0 amide bonds. The van der Waals surface area contributed by atoms with E-state index in [9.17, 15) is 8.42 Å². The molecule has 1 aromatic rings. The molecule has 5 nitrogen and oxygen atoms in total. The van der Waals surface area contributed by atoms with Crippen molar-refractivity contribution in [1.82, 2.24) is 9.62 Å². The Morgan fingerprint density at radius 1 is 1.30 bits per heavy atom. The third kappa shape index (κ3) is 2.61. The predicted octanol–water partition coefficient (Wildman–Crippen LogP) is 0.660. The molecule has 2 atom stereocenters. The van der Waals surface area contributed by atoms with Crippen molar-refractivity contribution in [1.29, 1.82) is 0 Å². The summed E-state index contributed by atoms with van der Waals surface area (Å²) in [5, 5.41) is 0. The third-order valence-corrected chi connectivity index (χ3v) is 5.84. The van der Waals surface area contributed by atoms with Crippen LogP contribution in [0, 0.1) is 0 Å². The van der Waals surface area contributed by atoms with Gasteiger partial charge in [-0.3, -0.25) is 4.90 Å². The highest BCUT2D eigenvalue weighted by atomic mass is 32.2. The highest BCUT2D eigenvalue weighted by Crippen LogP contribution is 2.29. The van der Waals surface area contributed by atoms with Gasteiger partial charge in [-0.05, 0) is 43.5 Å². The van der Waals surface area contributed by atoms with Crippen molar-refractivity contribution < 1.29 is 8.42 Å². The standard InChI is InChI=1S/C14H21N3O2S/c15-10-11-3-1-4-12(9-11)20(18,19)16-13-6-8-17-7-2-5-14(13)17/h1,3-4,9,13-14,16H,2,5-8,10,15H2. The minimum absolute atomic E-state index is 0.0454. The Kier molecular flexibility index (Phi) is 3.81. The van der Waals surface area contributed by atoms with Crippen LogP contribution in [0.1, 0.15) is 24.8 Å². The van der Waals surface area contributed by atoms with E-state index >= 15 is 0 Å². The lowest BCUT2D eigenvalue weighted by Crippen LogP contribution is -2.42. The minimum atomic E-state index is -3.45. The maximum absolute atomic E-state index is 12.5. The Morgan fingerprint density at radius 3 is 2.95 bits per heavy atom. The number of rotatable bonds is 4. The zero-order valence-electron chi connectivity index (χ0n) is 11.5. The fourth-order valence-corrected chi connectivity index (χ4v) is 4.70. The van der Waals surface area contributed by atoms with Crippen LogP contribution < -0.4 is 10.5 Å². The van der Waals surface area contributed by atoms with Gasteiger partial charge in [-0.1, -0.05) is 12.1 Å². The average molecular weight is 295 g/mol. The summed E-state index contributed by atoms with van der Waals surface area (Å²) in [4.78, 5) is 2.71. The van der Waals surface area contributed by atoms with Crippen molar-refractivity contribution in [2.24, 2.45) is 5.73 Å². The van der Waals surface area contributed by atoms with Gasteiger partial charge in [0.1, 0.15) is 0 Å². The number of sulfonamides is 1. The molecule has 0 aliphatic carbocycles. The normalized spacial score (nSPS) is 26.9. The molecule has 0 bridgehead atoms. The molecule has 0 spiro atoms. The molecule has 3 rings (SSSR count). The summed E-state index contributed by atoms with van der Waals surface area (Å²) in [7, 11) is -3.45. The van der Waals surface area contributed by atoms with Gasteiger partial charge in [0.15, 0.2) is 0 Å². The Balaban J connectivity index is 1.78. The first kappa shape index (κ1) is 14.0. The van der Waals surface area contributed by atoms with Gasteiger partial charge < -0.3 is 5.73 Å². The van der Waals surface area contributed by atoms with Crippen LogP contribution in [0.2, 0.25) is 0 Å². The molecule has 2 fully saturated rings. The minimum Gasteiger partial charge on any atom is -0.326 e. The van der Waals surface area contributed by atoms with Crippen LogP contribution in [0.3, 0.4) is 0 Å². The van der Waals surface area contributed by atoms with Crippen LogP contribution in [0.25, 0.3) is 0 Å². The van der Waals surface area contributed by atoms with Crippen molar-refractivity contribution in [3.63, 3.8) is 0 Å². The quantitative estimate of drug-likeness (QED) is 0.855. The summed E-state index contributed by atoms with van der Waals surface area (Å²) in [5.74, 6) is 0. The first-order chi connectivity index (χ1) is 9.60. The molecule has 2 heterocycles. The number of hydrogen-bond donors (Lipinski definition) is 2. The van der Waals surface area contributed by atoms with Gasteiger partial charge in [-0.2, -0.15) is 0 Å². The molecule has 110 valence electrons. The van der Waals surface area contributed by atoms with Gasteiger partial charge in [0.2, 0.25) is 10.0 Å². The van der Waals surface area contributed by atoms with Crippen LogP contribution in [0.5, 0.6) is 0 Å². The van der Waals surface area contributed by atoms with E-state index in [1.165, 1.54) is 6.42 Å². The monoisotopic (exact) mass is 295 g/mol. The Hall–Kier alpha value is -0.950. The second-order valence-corrected chi connectivity index (χ2v) is 7.33. The van der Waals surface area contributed by atoms with E-state index in [0.29, 0.717) is 17.5 Å². The van der Waals surface area contributed by atoms with Gasteiger partial charge in [-0.15, -0.1) is 0 Å². The van der Waals surface area contributed by atoms with Crippen LogP contribution >= 0.6 is 0 Å². The number of fused-ring (bicyclic) bond motifs is 1. The lowest BCUT2D eigenvalue weighted by Gasteiger charge is -2.21. The lowest BCUT2D eigenvalue weighted by molar-refractivity contribution is 0.309. The van der Waals surface area contributed by atoms with Crippen LogP contribution in [0.4, 0.5) is 0 Å². The van der Waals surface area contributed by atoms with Crippen LogP contribution in [-0.4, -0.2) is 38.5 Å². The molecule has 2 aliphatic heterocycles. The smallest absolute Gasteiger partial charge is 0.240 e. The van der Waals surface area contributed by atoms with Crippen molar-refractivity contribution in [2.45, 2.75) is 42.8 Å². The fraction of sp³-hybridized carbons (Fsp3) is 0.571. The second-order valence-electron chi connectivity index (χ2n) is 5.61. The largest absolute Gasteiger partial charge is 0.326 e. The van der Waals surface area contributed by atoms with Crippen LogP contribution in [-0.2, 0) is 16.6 Å². The van der Waals surface area contributed by atoms with E-state index in [-0.39, 0.29) is 6.04 Å².